The van der Waals surface area contributed by atoms with E-state index in [-0.39, 0.29) is 11.5 Å². The predicted molar refractivity (Wildman–Crippen MR) is 74.5 cm³/mol. The van der Waals surface area contributed by atoms with E-state index in [9.17, 15) is 4.79 Å². The zero-order valence-electron chi connectivity index (χ0n) is 10.8. The number of ether oxygens (including phenoxy) is 1. The number of hydrogen-bond acceptors (Lipinski definition) is 2. The minimum Gasteiger partial charge on any atom is -0.460 e. The second-order valence-corrected chi connectivity index (χ2v) is 5.32. The number of nitrogens with zero attached hydrogens (tertiary/aromatic N) is 1. The summed E-state index contributed by atoms with van der Waals surface area (Å²) < 4.78 is 7.75. The van der Waals surface area contributed by atoms with Crippen molar-refractivity contribution in [3.63, 3.8) is 0 Å². The second-order valence-electron chi connectivity index (χ2n) is 5.32. The molecule has 0 saturated carbocycles. The zero-order valence-corrected chi connectivity index (χ0v) is 10.8. The molecule has 0 fully saturated rings. The molecule has 1 aliphatic carbocycles. The molecule has 1 aliphatic heterocycles. The lowest BCUT2D eigenvalue weighted by Crippen LogP contribution is -2.22. The first-order valence-electron chi connectivity index (χ1n) is 6.77. The Balaban J connectivity index is 2.13. The number of fused-ring (bicyclic) bond motifs is 5. The zero-order chi connectivity index (χ0) is 13.0. The number of para-hydroxylation sites is 1. The third kappa shape index (κ3) is 1.35. The van der Waals surface area contributed by atoms with E-state index in [4.69, 9.17) is 4.74 Å². The molecule has 0 saturated heterocycles. The maximum atomic E-state index is 12.6. The molecule has 0 bridgehead atoms. The Labute approximate surface area is 111 Å². The molecular formula is C16H15NO2. The van der Waals surface area contributed by atoms with Gasteiger partial charge in [-0.3, -0.25) is 4.79 Å². The van der Waals surface area contributed by atoms with Gasteiger partial charge in [0.2, 0.25) is 0 Å². The first-order chi connectivity index (χ1) is 9.27. The van der Waals surface area contributed by atoms with Crippen LogP contribution >= 0.6 is 0 Å². The normalized spacial score (nSPS) is 20.7. The fraction of sp³-hybridized carbons (Fsp3) is 0.312. The monoisotopic (exact) mass is 253 g/mol. The Kier molecular flexibility index (Phi) is 2.13. The van der Waals surface area contributed by atoms with Crippen LogP contribution in [0.1, 0.15) is 30.7 Å². The van der Waals surface area contributed by atoms with Gasteiger partial charge in [0.15, 0.2) is 0 Å². The van der Waals surface area contributed by atoms with E-state index in [0.29, 0.717) is 0 Å². The molecule has 1 atom stereocenters. The summed E-state index contributed by atoms with van der Waals surface area (Å²) in [5.41, 5.74) is 1.88. The van der Waals surface area contributed by atoms with Crippen LogP contribution in [-0.4, -0.2) is 4.57 Å². The highest BCUT2D eigenvalue weighted by atomic mass is 16.5. The van der Waals surface area contributed by atoms with Crippen LogP contribution in [0.4, 0.5) is 0 Å². The topological polar surface area (TPSA) is 31.2 Å². The molecule has 2 aromatic rings. The Hall–Kier alpha value is -2.03. The van der Waals surface area contributed by atoms with Crippen molar-refractivity contribution in [3.8, 4) is 5.75 Å². The van der Waals surface area contributed by atoms with Crippen LogP contribution in [0.5, 0.6) is 5.75 Å². The van der Waals surface area contributed by atoms with Gasteiger partial charge in [0, 0.05) is 12.4 Å². The molecular weight excluding hydrogens is 238 g/mol. The summed E-state index contributed by atoms with van der Waals surface area (Å²) in [5.74, 6) is 1.94. The molecule has 2 heterocycles. The van der Waals surface area contributed by atoms with Crippen LogP contribution in [0.25, 0.3) is 10.9 Å². The Morgan fingerprint density at radius 2 is 2.16 bits per heavy atom. The number of aromatic nitrogens is 1. The van der Waals surface area contributed by atoms with Crippen LogP contribution in [0.15, 0.2) is 40.9 Å². The van der Waals surface area contributed by atoms with Gasteiger partial charge in [-0.1, -0.05) is 12.1 Å². The molecule has 1 unspecified atom stereocenters. The van der Waals surface area contributed by atoms with E-state index < -0.39 is 0 Å². The van der Waals surface area contributed by atoms with Crippen molar-refractivity contribution in [1.29, 1.82) is 0 Å². The quantitative estimate of drug-likeness (QED) is 0.722. The van der Waals surface area contributed by atoms with Gasteiger partial charge in [0.1, 0.15) is 11.5 Å². The van der Waals surface area contributed by atoms with Crippen molar-refractivity contribution in [2.75, 3.05) is 0 Å². The number of aryl methyl sites for hydroxylation is 1. The number of pyridine rings is 1. The largest absolute Gasteiger partial charge is 0.460 e. The van der Waals surface area contributed by atoms with Crippen LogP contribution in [0.3, 0.4) is 0 Å². The van der Waals surface area contributed by atoms with Gasteiger partial charge in [-0.15, -0.1) is 0 Å². The highest BCUT2D eigenvalue weighted by Crippen LogP contribution is 2.46. The fourth-order valence-corrected chi connectivity index (χ4v) is 3.28. The summed E-state index contributed by atoms with van der Waals surface area (Å²) >= 11 is 0. The molecule has 2 aliphatic rings. The lowest BCUT2D eigenvalue weighted by Gasteiger charge is -2.14. The Morgan fingerprint density at radius 1 is 1.32 bits per heavy atom. The van der Waals surface area contributed by atoms with Crippen LogP contribution in [-0.2, 0) is 7.05 Å². The molecule has 3 nitrogen and oxygen atoms in total. The lowest BCUT2D eigenvalue weighted by molar-refractivity contribution is 0.406. The molecule has 0 spiro atoms. The van der Waals surface area contributed by atoms with Crippen molar-refractivity contribution in [1.82, 2.24) is 4.57 Å². The van der Waals surface area contributed by atoms with E-state index in [1.807, 2.05) is 31.3 Å². The van der Waals surface area contributed by atoms with E-state index in [1.54, 1.807) is 4.57 Å². The molecule has 0 amide bonds. The van der Waals surface area contributed by atoms with Gasteiger partial charge >= 0.3 is 0 Å². The molecule has 0 radical (unpaired) electrons. The fourth-order valence-electron chi connectivity index (χ4n) is 3.28. The first-order valence-corrected chi connectivity index (χ1v) is 6.77. The number of rotatable bonds is 0. The van der Waals surface area contributed by atoms with Gasteiger partial charge in [-0.2, -0.15) is 0 Å². The van der Waals surface area contributed by atoms with E-state index in [1.165, 1.54) is 0 Å². The molecule has 19 heavy (non-hydrogen) atoms. The molecule has 3 heteroatoms. The summed E-state index contributed by atoms with van der Waals surface area (Å²) in [6.45, 7) is 0. The van der Waals surface area contributed by atoms with Crippen molar-refractivity contribution < 1.29 is 4.74 Å². The van der Waals surface area contributed by atoms with E-state index in [0.717, 1.165) is 47.2 Å². The SMILES string of the molecule is Cn1c(=O)c2c(c3ccccc31)OC1=CCCCC12. The highest BCUT2D eigenvalue weighted by Gasteiger charge is 2.35. The molecule has 1 aromatic carbocycles. The predicted octanol–water partition coefficient (Wildman–Crippen LogP) is 3.08. The van der Waals surface area contributed by atoms with Crippen LogP contribution in [0, 0.1) is 0 Å². The summed E-state index contributed by atoms with van der Waals surface area (Å²) in [6, 6.07) is 7.95. The minimum atomic E-state index is 0.0870. The van der Waals surface area contributed by atoms with Gasteiger partial charge in [0.25, 0.3) is 5.56 Å². The van der Waals surface area contributed by atoms with Crippen LogP contribution in [0.2, 0.25) is 0 Å². The van der Waals surface area contributed by atoms with E-state index in [2.05, 4.69) is 6.08 Å². The summed E-state index contributed by atoms with van der Waals surface area (Å²) in [4.78, 5) is 12.6. The average Bonchev–Trinajstić information content (AvgIpc) is 2.84. The van der Waals surface area contributed by atoms with Crippen molar-refractivity contribution in [2.24, 2.45) is 7.05 Å². The maximum Gasteiger partial charge on any atom is 0.258 e. The Bertz CT molecular complexity index is 770. The van der Waals surface area contributed by atoms with Crippen LogP contribution < -0.4 is 10.3 Å². The number of benzene rings is 1. The van der Waals surface area contributed by atoms with Gasteiger partial charge < -0.3 is 9.30 Å². The number of allylic oxidation sites excluding steroid dienone is 2. The van der Waals surface area contributed by atoms with Crippen molar-refractivity contribution in [3.05, 3.63) is 52.0 Å². The molecule has 0 N–H and O–H groups in total. The summed E-state index contributed by atoms with van der Waals surface area (Å²) in [5, 5.41) is 1.04. The first kappa shape index (κ1) is 10.9. The second kappa shape index (κ2) is 3.73. The molecule has 96 valence electrons. The Morgan fingerprint density at radius 3 is 3.05 bits per heavy atom. The van der Waals surface area contributed by atoms with Gasteiger partial charge in [-0.05, 0) is 37.5 Å². The summed E-state index contributed by atoms with van der Waals surface area (Å²) in [6.07, 6.45) is 5.35. The average molecular weight is 253 g/mol. The molecule has 1 aromatic heterocycles. The van der Waals surface area contributed by atoms with Gasteiger partial charge in [-0.25, -0.2) is 0 Å². The van der Waals surface area contributed by atoms with Crippen molar-refractivity contribution >= 4 is 10.9 Å². The minimum absolute atomic E-state index is 0.0870. The molecule has 4 rings (SSSR count). The maximum absolute atomic E-state index is 12.6. The van der Waals surface area contributed by atoms with Gasteiger partial charge in [0.05, 0.1) is 17.0 Å². The third-order valence-corrected chi connectivity index (χ3v) is 4.24. The summed E-state index contributed by atoms with van der Waals surface area (Å²) in [7, 11) is 1.84. The number of hydrogen-bond donors (Lipinski definition) is 0. The smallest absolute Gasteiger partial charge is 0.258 e. The lowest BCUT2D eigenvalue weighted by atomic mass is 9.89. The highest BCUT2D eigenvalue weighted by molar-refractivity contribution is 5.88. The van der Waals surface area contributed by atoms with E-state index >= 15 is 0 Å². The standard InChI is InChI=1S/C16H15NO2/c1-17-12-8-4-2-6-10(12)15-14(16(17)18)11-7-3-5-9-13(11)19-15/h2,4,6,8-9,11H,3,5,7H2,1H3. The van der Waals surface area contributed by atoms with Crippen molar-refractivity contribution in [2.45, 2.75) is 25.2 Å². The third-order valence-electron chi connectivity index (χ3n) is 4.24.